The van der Waals surface area contributed by atoms with Crippen molar-refractivity contribution in [2.24, 2.45) is 0 Å². The molecule has 138 valence electrons. The molecule has 5 atom stereocenters. The molecule has 1 aliphatic heterocycles. The van der Waals surface area contributed by atoms with Gasteiger partial charge in [0.1, 0.15) is 12.2 Å². The number of aromatic amines is 1. The fourth-order valence-electron chi connectivity index (χ4n) is 2.39. The number of rotatable bonds is 7. The number of ether oxygens (including phenoxy) is 1. The maximum Gasteiger partial charge on any atom is 0.330 e. The van der Waals surface area contributed by atoms with Gasteiger partial charge in [0, 0.05) is 18.4 Å². The zero-order chi connectivity index (χ0) is 18.6. The van der Waals surface area contributed by atoms with Crippen LogP contribution in [0.4, 0.5) is 4.39 Å². The number of hydrogen-bond acceptors (Lipinski definition) is 7. The maximum atomic E-state index is 14.8. The molecule has 1 fully saturated rings. The molecule has 0 bridgehead atoms. The van der Waals surface area contributed by atoms with Gasteiger partial charge in [0.05, 0.1) is 25.7 Å². The Morgan fingerprint density at radius 1 is 1.56 bits per heavy atom. The third-order valence-electron chi connectivity index (χ3n) is 3.62. The van der Waals surface area contributed by atoms with Crippen LogP contribution in [-0.4, -0.2) is 52.9 Å². The Bertz CT molecular complexity index is 747. The molecule has 0 aromatic carbocycles. The van der Waals surface area contributed by atoms with E-state index in [4.69, 9.17) is 19.0 Å². The molecule has 0 spiro atoms. The first-order valence-electron chi connectivity index (χ1n) is 7.51. The number of halogens is 1. The number of nitriles is 1. The first-order valence-corrected chi connectivity index (χ1v) is 9.14. The van der Waals surface area contributed by atoms with E-state index in [1.165, 1.54) is 13.1 Å². The predicted molar refractivity (Wildman–Crippen MR) is 85.9 cm³/mol. The van der Waals surface area contributed by atoms with Crippen molar-refractivity contribution in [3.8, 4) is 6.07 Å². The average molecular weight is 375 g/mol. The molecule has 11 heteroatoms. The van der Waals surface area contributed by atoms with Crippen LogP contribution >= 0.6 is 8.38 Å². The second-order valence-electron chi connectivity index (χ2n) is 5.42. The Morgan fingerprint density at radius 2 is 2.28 bits per heavy atom. The average Bonchev–Trinajstić information content (AvgIpc) is 2.87. The highest BCUT2D eigenvalue weighted by Gasteiger charge is 2.48. The van der Waals surface area contributed by atoms with Crippen molar-refractivity contribution in [2.45, 2.75) is 38.0 Å². The van der Waals surface area contributed by atoms with Crippen molar-refractivity contribution in [3.63, 3.8) is 0 Å². The summed E-state index contributed by atoms with van der Waals surface area (Å²) in [5, 5.41) is 17.9. The predicted octanol–water partition coefficient (Wildman–Crippen LogP) is 0.330. The number of aromatic nitrogens is 2. The van der Waals surface area contributed by atoms with Crippen molar-refractivity contribution in [2.75, 3.05) is 19.9 Å². The van der Waals surface area contributed by atoms with E-state index >= 15 is 0 Å². The molecule has 2 rings (SSSR count). The van der Waals surface area contributed by atoms with Gasteiger partial charge in [-0.15, -0.1) is 0 Å². The zero-order valence-corrected chi connectivity index (χ0v) is 14.6. The molecule has 9 nitrogen and oxygen atoms in total. The molecule has 1 aromatic heterocycles. The van der Waals surface area contributed by atoms with Crippen LogP contribution in [-0.2, 0) is 13.8 Å². The van der Waals surface area contributed by atoms with Gasteiger partial charge in [-0.2, -0.15) is 5.26 Å². The summed E-state index contributed by atoms with van der Waals surface area (Å²) < 4.78 is 32.0. The number of alkyl halides is 1. The Hall–Kier alpha value is -1.63. The molecule has 0 aliphatic carbocycles. The lowest BCUT2D eigenvalue weighted by Crippen LogP contribution is -2.37. The highest BCUT2D eigenvalue weighted by atomic mass is 31.2. The second kappa shape index (κ2) is 8.65. The van der Waals surface area contributed by atoms with Crippen LogP contribution < -0.4 is 11.2 Å². The lowest BCUT2D eigenvalue weighted by atomic mass is 10.1. The summed E-state index contributed by atoms with van der Waals surface area (Å²) >= 11 is 0. The summed E-state index contributed by atoms with van der Waals surface area (Å²) in [5.41, 5.74) is -1.16. The normalized spacial score (nSPS) is 27.2. The minimum absolute atomic E-state index is 0.148. The summed E-state index contributed by atoms with van der Waals surface area (Å²) in [7, 11) is -1.50. The highest BCUT2D eigenvalue weighted by Crippen LogP contribution is 2.42. The number of aliphatic hydroxyl groups excluding tert-OH is 1. The molecular formula is C14H19FN3O6P. The van der Waals surface area contributed by atoms with Crippen LogP contribution in [0.25, 0.3) is 0 Å². The van der Waals surface area contributed by atoms with Crippen LogP contribution in [0.5, 0.6) is 0 Å². The van der Waals surface area contributed by atoms with Gasteiger partial charge in [0.25, 0.3) is 5.56 Å². The molecule has 1 saturated heterocycles. The summed E-state index contributed by atoms with van der Waals surface area (Å²) in [6.07, 6.45) is -3.87. The van der Waals surface area contributed by atoms with Gasteiger partial charge in [0.2, 0.25) is 0 Å². The SMILES string of the molecule is Cc1cn([C@@H]2O[C@H](CO)[C@H](OP(C)OCCC#N)[C@H]2F)c(=O)[nH]c1=O. The highest BCUT2D eigenvalue weighted by molar-refractivity contribution is 7.46. The minimum atomic E-state index is -1.76. The molecule has 1 unspecified atom stereocenters. The smallest absolute Gasteiger partial charge is 0.330 e. The summed E-state index contributed by atoms with van der Waals surface area (Å²) in [6.45, 7) is 2.70. The van der Waals surface area contributed by atoms with E-state index in [9.17, 15) is 19.1 Å². The molecule has 0 radical (unpaired) electrons. The number of aliphatic hydroxyl groups is 1. The van der Waals surface area contributed by atoms with Crippen molar-refractivity contribution in [1.82, 2.24) is 9.55 Å². The molecule has 0 saturated carbocycles. The number of aryl methyl sites for hydroxylation is 1. The Labute approximate surface area is 143 Å². The van der Waals surface area contributed by atoms with Crippen molar-refractivity contribution < 1.29 is 23.3 Å². The van der Waals surface area contributed by atoms with E-state index < -0.39 is 50.8 Å². The molecule has 2 N–H and O–H groups in total. The van der Waals surface area contributed by atoms with E-state index in [-0.39, 0.29) is 18.6 Å². The quantitative estimate of drug-likeness (QED) is 0.519. The van der Waals surface area contributed by atoms with Crippen LogP contribution in [0.3, 0.4) is 0 Å². The molecule has 0 amide bonds. The largest absolute Gasteiger partial charge is 0.394 e. The Morgan fingerprint density at radius 3 is 2.92 bits per heavy atom. The number of hydrogen-bond donors (Lipinski definition) is 2. The van der Waals surface area contributed by atoms with Crippen LogP contribution in [0.15, 0.2) is 15.8 Å². The van der Waals surface area contributed by atoms with E-state index in [2.05, 4.69) is 4.98 Å². The monoisotopic (exact) mass is 375 g/mol. The molecule has 1 aliphatic rings. The first-order chi connectivity index (χ1) is 11.9. The Balaban J connectivity index is 2.16. The fourth-order valence-corrected chi connectivity index (χ4v) is 3.39. The van der Waals surface area contributed by atoms with Gasteiger partial charge in [-0.1, -0.05) is 0 Å². The van der Waals surface area contributed by atoms with Gasteiger partial charge in [0.15, 0.2) is 20.8 Å². The summed E-state index contributed by atoms with van der Waals surface area (Å²) in [5.74, 6) is 0. The second-order valence-corrected chi connectivity index (χ2v) is 6.77. The lowest BCUT2D eigenvalue weighted by molar-refractivity contribution is -0.0470. The third kappa shape index (κ3) is 4.51. The van der Waals surface area contributed by atoms with Crippen molar-refractivity contribution in [3.05, 3.63) is 32.6 Å². The van der Waals surface area contributed by atoms with Gasteiger partial charge < -0.3 is 18.9 Å². The third-order valence-corrected chi connectivity index (χ3v) is 4.71. The van der Waals surface area contributed by atoms with Crippen LogP contribution in [0.1, 0.15) is 18.2 Å². The van der Waals surface area contributed by atoms with Crippen molar-refractivity contribution >= 4 is 8.38 Å². The van der Waals surface area contributed by atoms with Gasteiger partial charge in [-0.05, 0) is 6.92 Å². The Kier molecular flexibility index (Phi) is 6.81. The first kappa shape index (κ1) is 19.7. The fraction of sp³-hybridized carbons (Fsp3) is 0.643. The molecule has 1 aromatic rings. The van der Waals surface area contributed by atoms with Gasteiger partial charge in [-0.25, -0.2) is 9.18 Å². The number of nitrogens with one attached hydrogen (secondary N) is 1. The van der Waals surface area contributed by atoms with Gasteiger partial charge >= 0.3 is 5.69 Å². The van der Waals surface area contributed by atoms with Crippen LogP contribution in [0.2, 0.25) is 0 Å². The van der Waals surface area contributed by atoms with Gasteiger partial charge in [-0.3, -0.25) is 14.3 Å². The number of nitrogens with zero attached hydrogens (tertiary/aromatic N) is 2. The topological polar surface area (TPSA) is 127 Å². The summed E-state index contributed by atoms with van der Waals surface area (Å²) in [4.78, 5) is 25.4. The molecule has 25 heavy (non-hydrogen) atoms. The van der Waals surface area contributed by atoms with E-state index in [1.807, 2.05) is 6.07 Å². The van der Waals surface area contributed by atoms with Crippen molar-refractivity contribution in [1.29, 1.82) is 5.26 Å². The minimum Gasteiger partial charge on any atom is -0.394 e. The van der Waals surface area contributed by atoms with E-state index in [0.717, 1.165) is 4.57 Å². The number of H-pyrrole nitrogens is 1. The van der Waals surface area contributed by atoms with E-state index in [1.54, 1.807) is 6.66 Å². The zero-order valence-electron chi connectivity index (χ0n) is 13.7. The van der Waals surface area contributed by atoms with E-state index in [0.29, 0.717) is 0 Å². The molecular weight excluding hydrogens is 356 g/mol. The standard InChI is InChI=1S/C14H19FN3O6P/c1-8-6-18(14(21)17-12(8)20)13-10(15)11(9(7-19)23-13)24-25(2)22-5-3-4-16/h6,9-11,13,19H,3,5,7H2,1-2H3,(H,17,20,21)/t9-,10-,11+,13-,25?/m1/s1. The lowest BCUT2D eigenvalue weighted by Gasteiger charge is -2.22. The maximum absolute atomic E-state index is 14.8. The molecule has 2 heterocycles. The summed E-state index contributed by atoms with van der Waals surface area (Å²) in [6, 6.07) is 1.91. The van der Waals surface area contributed by atoms with Crippen LogP contribution in [0, 0.1) is 18.3 Å².